The summed E-state index contributed by atoms with van der Waals surface area (Å²) in [7, 11) is 1.86. The summed E-state index contributed by atoms with van der Waals surface area (Å²) < 4.78 is 0.959. The zero-order valence-electron chi connectivity index (χ0n) is 9.25. The van der Waals surface area contributed by atoms with E-state index >= 15 is 0 Å². The van der Waals surface area contributed by atoms with Gasteiger partial charge in [-0.15, -0.1) is 11.8 Å². The minimum Gasteiger partial charge on any atom is -0.372 e. The first-order valence-corrected chi connectivity index (χ1v) is 6.77. The Morgan fingerprint density at radius 2 is 2.27 bits per heavy atom. The van der Waals surface area contributed by atoms with Gasteiger partial charge in [0.25, 0.3) is 0 Å². The second kappa shape index (κ2) is 6.33. The van der Waals surface area contributed by atoms with Crippen LogP contribution in [0.2, 0.25) is 0 Å². The molecule has 0 aliphatic heterocycles. The molecule has 3 nitrogen and oxygen atoms in total. The number of hydrogen-bond acceptors (Lipinski definition) is 4. The molecule has 0 aliphatic rings. The highest BCUT2D eigenvalue weighted by Crippen LogP contribution is 2.31. The van der Waals surface area contributed by atoms with Crippen molar-refractivity contribution in [2.75, 3.05) is 18.1 Å². The van der Waals surface area contributed by atoms with Gasteiger partial charge in [0.15, 0.2) is 0 Å². The average Bonchev–Trinajstić information content (AvgIpc) is 2.27. The van der Waals surface area contributed by atoms with Crippen LogP contribution in [0.5, 0.6) is 0 Å². The molecule has 0 fully saturated rings. The highest BCUT2D eigenvalue weighted by Gasteiger charge is 2.09. The van der Waals surface area contributed by atoms with E-state index in [0.29, 0.717) is 0 Å². The lowest BCUT2D eigenvalue weighted by Gasteiger charge is -2.09. The second-order valence-electron chi connectivity index (χ2n) is 3.42. The van der Waals surface area contributed by atoms with E-state index in [1.807, 2.05) is 7.05 Å². The Kier molecular flexibility index (Phi) is 5.39. The standard InChI is InChI=1S/C10H16BrN3S/c1-4-7(2)5-15-10-8(11)9(12-3)13-6-14-10/h6-7H,4-5H2,1-3H3,(H,12,13,14). The zero-order chi connectivity index (χ0) is 11.3. The quantitative estimate of drug-likeness (QED) is 0.666. The van der Waals surface area contributed by atoms with Crippen LogP contribution in [0.25, 0.3) is 0 Å². The van der Waals surface area contributed by atoms with Crippen LogP contribution >= 0.6 is 27.7 Å². The highest BCUT2D eigenvalue weighted by molar-refractivity contribution is 9.10. The van der Waals surface area contributed by atoms with Gasteiger partial charge in [-0.05, 0) is 21.8 Å². The minimum absolute atomic E-state index is 0.718. The van der Waals surface area contributed by atoms with E-state index in [-0.39, 0.29) is 0 Å². The number of hydrogen-bond donors (Lipinski definition) is 1. The average molecular weight is 290 g/mol. The molecular formula is C10H16BrN3S. The molecule has 1 aromatic rings. The Hall–Kier alpha value is -0.290. The molecule has 1 aromatic heterocycles. The summed E-state index contributed by atoms with van der Waals surface area (Å²) in [5.74, 6) is 2.65. The number of anilines is 1. The number of nitrogens with zero attached hydrogens (tertiary/aromatic N) is 2. The van der Waals surface area contributed by atoms with Crippen LogP contribution in [0.15, 0.2) is 15.8 Å². The largest absolute Gasteiger partial charge is 0.372 e. The third kappa shape index (κ3) is 3.65. The molecule has 0 bridgehead atoms. The molecule has 0 saturated heterocycles. The third-order valence-electron chi connectivity index (χ3n) is 2.20. The molecule has 0 aromatic carbocycles. The van der Waals surface area contributed by atoms with Gasteiger partial charge in [-0.25, -0.2) is 9.97 Å². The van der Waals surface area contributed by atoms with Crippen LogP contribution in [0.1, 0.15) is 20.3 Å². The molecule has 1 unspecified atom stereocenters. The van der Waals surface area contributed by atoms with Crippen LogP contribution in [0.4, 0.5) is 5.82 Å². The summed E-state index contributed by atoms with van der Waals surface area (Å²) in [5.41, 5.74) is 0. The first kappa shape index (κ1) is 12.8. The Labute approximate surface area is 104 Å². The van der Waals surface area contributed by atoms with Crippen molar-refractivity contribution in [1.29, 1.82) is 0 Å². The maximum absolute atomic E-state index is 4.26. The van der Waals surface area contributed by atoms with Gasteiger partial charge in [-0.2, -0.15) is 0 Å². The Bertz CT molecular complexity index is 320. The molecule has 1 N–H and O–H groups in total. The van der Waals surface area contributed by atoms with Crippen LogP contribution in [0, 0.1) is 5.92 Å². The van der Waals surface area contributed by atoms with Gasteiger partial charge in [0.05, 0.1) is 4.47 Å². The summed E-state index contributed by atoms with van der Waals surface area (Å²) in [5, 5.41) is 4.03. The predicted molar refractivity (Wildman–Crippen MR) is 69.5 cm³/mol. The van der Waals surface area contributed by atoms with Crippen LogP contribution in [0.3, 0.4) is 0 Å². The van der Waals surface area contributed by atoms with Crippen LogP contribution in [-0.4, -0.2) is 22.8 Å². The van der Waals surface area contributed by atoms with Gasteiger partial charge >= 0.3 is 0 Å². The molecular weight excluding hydrogens is 274 g/mol. The van der Waals surface area contributed by atoms with Gasteiger partial charge in [-0.3, -0.25) is 0 Å². The lowest BCUT2D eigenvalue weighted by molar-refractivity contribution is 0.636. The fourth-order valence-electron chi connectivity index (χ4n) is 0.968. The first-order valence-electron chi connectivity index (χ1n) is 5.00. The highest BCUT2D eigenvalue weighted by atomic mass is 79.9. The zero-order valence-corrected chi connectivity index (χ0v) is 11.7. The molecule has 1 rings (SSSR count). The van der Waals surface area contributed by atoms with Crippen molar-refractivity contribution in [2.24, 2.45) is 5.92 Å². The molecule has 0 amide bonds. The van der Waals surface area contributed by atoms with Gasteiger partial charge in [0.2, 0.25) is 0 Å². The van der Waals surface area contributed by atoms with E-state index < -0.39 is 0 Å². The van der Waals surface area contributed by atoms with Crippen molar-refractivity contribution in [3.05, 3.63) is 10.8 Å². The molecule has 15 heavy (non-hydrogen) atoms. The molecule has 0 saturated carbocycles. The molecule has 0 spiro atoms. The van der Waals surface area contributed by atoms with Crippen molar-refractivity contribution in [2.45, 2.75) is 25.3 Å². The molecule has 0 radical (unpaired) electrons. The number of nitrogens with one attached hydrogen (secondary N) is 1. The summed E-state index contributed by atoms with van der Waals surface area (Å²) in [4.78, 5) is 8.38. The summed E-state index contributed by atoms with van der Waals surface area (Å²) in [6.45, 7) is 4.46. The summed E-state index contributed by atoms with van der Waals surface area (Å²) in [6, 6.07) is 0. The summed E-state index contributed by atoms with van der Waals surface area (Å²) in [6.07, 6.45) is 2.80. The third-order valence-corrected chi connectivity index (χ3v) is 4.53. The van der Waals surface area contributed by atoms with E-state index in [1.165, 1.54) is 6.42 Å². The predicted octanol–water partition coefficient (Wildman–Crippen LogP) is 3.42. The molecule has 5 heteroatoms. The lowest BCUT2D eigenvalue weighted by Crippen LogP contribution is -1.99. The molecule has 1 atom stereocenters. The summed E-state index contributed by atoms with van der Waals surface area (Å²) >= 11 is 5.28. The SMILES string of the molecule is CCC(C)CSc1ncnc(NC)c1Br. The Morgan fingerprint density at radius 1 is 1.53 bits per heavy atom. The van der Waals surface area contributed by atoms with E-state index in [9.17, 15) is 0 Å². The van der Waals surface area contributed by atoms with Crippen molar-refractivity contribution in [1.82, 2.24) is 9.97 Å². The lowest BCUT2D eigenvalue weighted by atomic mass is 10.2. The normalized spacial score (nSPS) is 12.5. The van der Waals surface area contributed by atoms with Crippen molar-refractivity contribution >= 4 is 33.5 Å². The maximum atomic E-state index is 4.26. The second-order valence-corrected chi connectivity index (χ2v) is 5.22. The topological polar surface area (TPSA) is 37.8 Å². The Balaban J connectivity index is 2.68. The van der Waals surface area contributed by atoms with E-state index in [1.54, 1.807) is 18.1 Å². The van der Waals surface area contributed by atoms with Gasteiger partial charge < -0.3 is 5.32 Å². The monoisotopic (exact) mass is 289 g/mol. The fraction of sp³-hybridized carbons (Fsp3) is 0.600. The molecule has 84 valence electrons. The van der Waals surface area contributed by atoms with Crippen molar-refractivity contribution in [3.8, 4) is 0 Å². The smallest absolute Gasteiger partial charge is 0.144 e. The van der Waals surface area contributed by atoms with Crippen molar-refractivity contribution < 1.29 is 0 Å². The van der Waals surface area contributed by atoms with Crippen molar-refractivity contribution in [3.63, 3.8) is 0 Å². The number of aromatic nitrogens is 2. The van der Waals surface area contributed by atoms with Crippen LogP contribution in [-0.2, 0) is 0 Å². The number of rotatable bonds is 5. The first-order chi connectivity index (χ1) is 7.19. The van der Waals surface area contributed by atoms with E-state index in [0.717, 1.165) is 27.0 Å². The van der Waals surface area contributed by atoms with Gasteiger partial charge in [0.1, 0.15) is 17.2 Å². The van der Waals surface area contributed by atoms with E-state index in [2.05, 4.69) is 45.1 Å². The van der Waals surface area contributed by atoms with Crippen LogP contribution < -0.4 is 5.32 Å². The minimum atomic E-state index is 0.718. The Morgan fingerprint density at radius 3 is 2.87 bits per heavy atom. The molecule has 1 heterocycles. The molecule has 0 aliphatic carbocycles. The number of halogens is 1. The fourth-order valence-corrected chi connectivity index (χ4v) is 2.74. The van der Waals surface area contributed by atoms with Gasteiger partial charge in [-0.1, -0.05) is 20.3 Å². The van der Waals surface area contributed by atoms with E-state index in [4.69, 9.17) is 0 Å². The number of thioether (sulfide) groups is 1. The maximum Gasteiger partial charge on any atom is 0.144 e. The van der Waals surface area contributed by atoms with Gasteiger partial charge in [0, 0.05) is 12.8 Å².